The Kier molecular flexibility index (Phi) is 5.21. The molecular weight excluding hydrogens is 380 g/mol. The lowest BCUT2D eigenvalue weighted by Gasteiger charge is -2.09. The van der Waals surface area contributed by atoms with Crippen LogP contribution in [0, 0.1) is 17.0 Å². The van der Waals surface area contributed by atoms with Gasteiger partial charge in [-0.3, -0.25) is 14.8 Å². The maximum Gasteiger partial charge on any atom is 0.270 e. The number of hydrogen-bond acceptors (Lipinski definition) is 6. The van der Waals surface area contributed by atoms with E-state index in [0.717, 1.165) is 22.5 Å². The van der Waals surface area contributed by atoms with E-state index < -0.39 is 4.92 Å². The van der Waals surface area contributed by atoms with Crippen molar-refractivity contribution < 1.29 is 4.92 Å². The Balaban J connectivity index is 1.60. The Bertz CT molecular complexity index is 1200. The van der Waals surface area contributed by atoms with Crippen molar-refractivity contribution in [2.24, 2.45) is 7.05 Å². The highest BCUT2D eigenvalue weighted by atomic mass is 16.6. The average Bonchev–Trinajstić information content (AvgIpc) is 3.13. The van der Waals surface area contributed by atoms with Crippen molar-refractivity contribution >= 4 is 11.5 Å². The summed E-state index contributed by atoms with van der Waals surface area (Å²) >= 11 is 0. The van der Waals surface area contributed by atoms with E-state index in [0.29, 0.717) is 23.8 Å². The minimum absolute atomic E-state index is 0.00924. The maximum absolute atomic E-state index is 11.1. The fourth-order valence-corrected chi connectivity index (χ4v) is 3.24. The maximum atomic E-state index is 11.1. The predicted molar refractivity (Wildman–Crippen MR) is 115 cm³/mol. The zero-order valence-corrected chi connectivity index (χ0v) is 16.6. The summed E-state index contributed by atoms with van der Waals surface area (Å²) in [5.74, 6) is 1.09. The topological polar surface area (TPSA) is 98.8 Å². The van der Waals surface area contributed by atoms with Gasteiger partial charge in [-0.25, -0.2) is 9.97 Å². The van der Waals surface area contributed by atoms with E-state index >= 15 is 0 Å². The van der Waals surface area contributed by atoms with Gasteiger partial charge in [0.2, 0.25) is 0 Å². The summed E-state index contributed by atoms with van der Waals surface area (Å²) in [5.41, 5.74) is 4.37. The molecule has 0 spiro atoms. The molecule has 0 unspecified atom stereocenters. The Morgan fingerprint density at radius 3 is 2.57 bits per heavy atom. The van der Waals surface area contributed by atoms with Crippen molar-refractivity contribution in [2.75, 3.05) is 5.32 Å². The molecule has 0 radical (unpaired) electrons. The van der Waals surface area contributed by atoms with Gasteiger partial charge in [-0.15, -0.1) is 0 Å². The van der Waals surface area contributed by atoms with Crippen LogP contribution in [-0.2, 0) is 13.6 Å². The molecule has 0 atom stereocenters. The van der Waals surface area contributed by atoms with Crippen LogP contribution in [0.4, 0.5) is 11.5 Å². The Morgan fingerprint density at radius 1 is 1.03 bits per heavy atom. The first-order chi connectivity index (χ1) is 14.5. The molecule has 0 amide bonds. The molecule has 0 aliphatic heterocycles. The molecule has 8 nitrogen and oxygen atoms in total. The van der Waals surface area contributed by atoms with Gasteiger partial charge < -0.3 is 5.32 Å². The SMILES string of the molecule is Cc1cc(NCc2cn(C)nc2-c2ccccc2)nc(-c2cccc([N+](=O)[O-])c2)n1. The van der Waals surface area contributed by atoms with E-state index in [1.807, 2.05) is 56.6 Å². The van der Waals surface area contributed by atoms with E-state index in [-0.39, 0.29) is 5.69 Å². The normalized spacial score (nSPS) is 10.7. The predicted octanol–water partition coefficient (Wildman–Crippen LogP) is 4.37. The summed E-state index contributed by atoms with van der Waals surface area (Å²) in [6.07, 6.45) is 1.98. The van der Waals surface area contributed by atoms with Gasteiger partial charge >= 0.3 is 0 Å². The molecule has 4 aromatic rings. The quantitative estimate of drug-likeness (QED) is 0.381. The highest BCUT2D eigenvalue weighted by molar-refractivity contribution is 5.64. The highest BCUT2D eigenvalue weighted by Gasteiger charge is 2.13. The number of nitro benzene ring substituents is 1. The second-order valence-electron chi connectivity index (χ2n) is 6.92. The lowest BCUT2D eigenvalue weighted by molar-refractivity contribution is -0.384. The van der Waals surface area contributed by atoms with Gasteiger partial charge in [0.15, 0.2) is 5.82 Å². The monoisotopic (exact) mass is 400 g/mol. The van der Waals surface area contributed by atoms with Gasteiger partial charge in [0.05, 0.1) is 10.6 Å². The van der Waals surface area contributed by atoms with Gasteiger partial charge in [-0.2, -0.15) is 5.10 Å². The molecule has 0 saturated heterocycles. The van der Waals surface area contributed by atoms with E-state index in [2.05, 4.69) is 20.4 Å². The number of aromatic nitrogens is 4. The third kappa shape index (κ3) is 4.17. The second-order valence-corrected chi connectivity index (χ2v) is 6.92. The number of benzene rings is 2. The van der Waals surface area contributed by atoms with Crippen LogP contribution in [0.25, 0.3) is 22.6 Å². The van der Waals surface area contributed by atoms with Crippen LogP contribution in [0.2, 0.25) is 0 Å². The number of nitrogens with zero attached hydrogens (tertiary/aromatic N) is 5. The van der Waals surface area contributed by atoms with Crippen molar-refractivity contribution in [1.82, 2.24) is 19.7 Å². The lowest BCUT2D eigenvalue weighted by atomic mass is 10.1. The number of rotatable bonds is 6. The van der Waals surface area contributed by atoms with E-state index in [1.54, 1.807) is 16.8 Å². The first-order valence-electron chi connectivity index (χ1n) is 9.42. The highest BCUT2D eigenvalue weighted by Crippen LogP contribution is 2.24. The second kappa shape index (κ2) is 8.12. The van der Waals surface area contributed by atoms with Crippen LogP contribution in [0.1, 0.15) is 11.3 Å². The number of hydrogen-bond donors (Lipinski definition) is 1. The van der Waals surface area contributed by atoms with Crippen LogP contribution in [0.15, 0.2) is 66.9 Å². The Hall–Kier alpha value is -4.07. The van der Waals surface area contributed by atoms with Crippen molar-refractivity contribution in [2.45, 2.75) is 13.5 Å². The van der Waals surface area contributed by atoms with Gasteiger partial charge in [0, 0.05) is 60.4 Å². The largest absolute Gasteiger partial charge is 0.366 e. The third-order valence-corrected chi connectivity index (χ3v) is 4.58. The van der Waals surface area contributed by atoms with Crippen LogP contribution in [0.5, 0.6) is 0 Å². The molecule has 30 heavy (non-hydrogen) atoms. The molecule has 2 aromatic heterocycles. The van der Waals surface area contributed by atoms with Gasteiger partial charge in [-0.05, 0) is 6.92 Å². The summed E-state index contributed by atoms with van der Waals surface area (Å²) in [7, 11) is 1.89. The van der Waals surface area contributed by atoms with Crippen molar-refractivity contribution in [1.29, 1.82) is 0 Å². The molecular formula is C22H20N6O2. The van der Waals surface area contributed by atoms with Gasteiger partial charge in [0.1, 0.15) is 5.82 Å². The van der Waals surface area contributed by atoms with E-state index in [9.17, 15) is 10.1 Å². The van der Waals surface area contributed by atoms with Crippen LogP contribution >= 0.6 is 0 Å². The number of non-ortho nitro benzene ring substituents is 1. The average molecular weight is 400 g/mol. The zero-order valence-electron chi connectivity index (χ0n) is 16.6. The third-order valence-electron chi connectivity index (χ3n) is 4.58. The van der Waals surface area contributed by atoms with Gasteiger partial charge in [0.25, 0.3) is 5.69 Å². The molecule has 2 heterocycles. The summed E-state index contributed by atoms with van der Waals surface area (Å²) in [6.45, 7) is 2.40. The Labute approximate surface area is 173 Å². The summed E-state index contributed by atoms with van der Waals surface area (Å²) < 4.78 is 1.79. The molecule has 0 aliphatic carbocycles. The molecule has 4 rings (SSSR count). The number of nitrogens with one attached hydrogen (secondary N) is 1. The van der Waals surface area contributed by atoms with Gasteiger partial charge in [-0.1, -0.05) is 42.5 Å². The smallest absolute Gasteiger partial charge is 0.270 e. The molecule has 0 saturated carbocycles. The summed E-state index contributed by atoms with van der Waals surface area (Å²) in [5, 5.41) is 19.0. The fourth-order valence-electron chi connectivity index (χ4n) is 3.24. The minimum Gasteiger partial charge on any atom is -0.366 e. The number of aryl methyl sites for hydroxylation is 2. The molecule has 8 heteroatoms. The first kappa shape index (κ1) is 19.3. The van der Waals surface area contributed by atoms with E-state index in [4.69, 9.17) is 0 Å². The van der Waals surface area contributed by atoms with Crippen molar-refractivity contribution in [3.05, 3.63) is 88.2 Å². The van der Waals surface area contributed by atoms with Crippen molar-refractivity contribution in [3.8, 4) is 22.6 Å². The standard InChI is InChI=1S/C22H20N6O2/c1-15-11-20(25-22(24-15)17-9-6-10-19(12-17)28(29)30)23-13-18-14-27(2)26-21(18)16-7-4-3-5-8-16/h3-12,14H,13H2,1-2H3,(H,23,24,25). The molecule has 0 aliphatic rings. The van der Waals surface area contributed by atoms with Crippen LogP contribution < -0.4 is 5.32 Å². The summed E-state index contributed by atoms with van der Waals surface area (Å²) in [6, 6.07) is 18.2. The first-order valence-corrected chi connectivity index (χ1v) is 9.42. The molecule has 150 valence electrons. The fraction of sp³-hybridized carbons (Fsp3) is 0.136. The molecule has 0 bridgehead atoms. The van der Waals surface area contributed by atoms with Crippen molar-refractivity contribution in [3.63, 3.8) is 0 Å². The zero-order chi connectivity index (χ0) is 21.1. The van der Waals surface area contributed by atoms with Crippen LogP contribution in [-0.4, -0.2) is 24.7 Å². The van der Waals surface area contributed by atoms with E-state index in [1.165, 1.54) is 12.1 Å². The molecule has 2 aromatic carbocycles. The lowest BCUT2D eigenvalue weighted by Crippen LogP contribution is -2.04. The summed E-state index contributed by atoms with van der Waals surface area (Å²) in [4.78, 5) is 19.6. The number of nitro groups is 1. The minimum atomic E-state index is -0.425. The Morgan fingerprint density at radius 2 is 1.80 bits per heavy atom. The van der Waals surface area contributed by atoms with Crippen LogP contribution in [0.3, 0.4) is 0 Å². The molecule has 1 N–H and O–H groups in total. The molecule has 0 fully saturated rings. The number of anilines is 1.